The van der Waals surface area contributed by atoms with E-state index in [0.717, 1.165) is 19.4 Å². The lowest BCUT2D eigenvalue weighted by atomic mass is 9.87. The first-order valence-electron chi connectivity index (χ1n) is 8.83. The summed E-state index contributed by atoms with van der Waals surface area (Å²) in [6.45, 7) is 8.90. The van der Waals surface area contributed by atoms with Crippen molar-refractivity contribution in [2.24, 2.45) is 5.41 Å². The summed E-state index contributed by atoms with van der Waals surface area (Å²) in [5.41, 5.74) is -0.240. The zero-order valence-electron chi connectivity index (χ0n) is 15.5. The highest BCUT2D eigenvalue weighted by molar-refractivity contribution is 5.74. The molecule has 2 N–H and O–H groups in total. The fraction of sp³-hybridized carbons (Fsp3) is 0.632. The number of nitrogens with one attached hydrogen (secondary N) is 2. The molecular weight excluding hydrogens is 323 g/mol. The number of carbonyl (C=O) groups excluding carboxylic acids is 1. The van der Waals surface area contributed by atoms with Crippen molar-refractivity contribution in [3.8, 4) is 5.75 Å². The maximum absolute atomic E-state index is 13.7. The zero-order valence-corrected chi connectivity index (χ0v) is 15.5. The predicted octanol–water partition coefficient (Wildman–Crippen LogP) is 3.49. The van der Waals surface area contributed by atoms with Gasteiger partial charge in [0.1, 0.15) is 6.61 Å². The van der Waals surface area contributed by atoms with Crippen molar-refractivity contribution in [1.82, 2.24) is 10.6 Å². The number of hydrogen-bond acceptors (Lipinski definition) is 3. The van der Waals surface area contributed by atoms with E-state index in [1.807, 2.05) is 27.7 Å². The molecule has 0 saturated carbocycles. The number of amides is 2. The summed E-state index contributed by atoms with van der Waals surface area (Å²) in [4.78, 5) is 12.3. The first-order chi connectivity index (χ1) is 11.8. The van der Waals surface area contributed by atoms with Crippen LogP contribution in [-0.4, -0.2) is 37.4 Å². The SMILES string of the molecule is CC(NC(=O)NC(COc1ccccc1F)C(C)(C)C)C1CCCO1. The minimum Gasteiger partial charge on any atom is -0.488 e. The van der Waals surface area contributed by atoms with E-state index < -0.39 is 5.82 Å². The van der Waals surface area contributed by atoms with Crippen molar-refractivity contribution < 1.29 is 18.7 Å². The highest BCUT2D eigenvalue weighted by atomic mass is 19.1. The van der Waals surface area contributed by atoms with E-state index in [4.69, 9.17) is 9.47 Å². The van der Waals surface area contributed by atoms with Crippen LogP contribution in [-0.2, 0) is 4.74 Å². The molecule has 0 spiro atoms. The maximum atomic E-state index is 13.7. The minimum absolute atomic E-state index is 0.0596. The molecule has 25 heavy (non-hydrogen) atoms. The Balaban J connectivity index is 1.91. The highest BCUT2D eigenvalue weighted by Crippen LogP contribution is 2.22. The molecule has 2 amide bonds. The largest absolute Gasteiger partial charge is 0.488 e. The Morgan fingerprint density at radius 2 is 2.08 bits per heavy atom. The Morgan fingerprint density at radius 3 is 2.68 bits per heavy atom. The average Bonchev–Trinajstić information content (AvgIpc) is 3.06. The molecule has 1 aliphatic heterocycles. The second kappa shape index (κ2) is 8.52. The quantitative estimate of drug-likeness (QED) is 0.824. The molecule has 6 heteroatoms. The fourth-order valence-electron chi connectivity index (χ4n) is 2.74. The van der Waals surface area contributed by atoms with Gasteiger partial charge in [0.25, 0.3) is 0 Å². The third-order valence-electron chi connectivity index (χ3n) is 4.47. The second-order valence-electron chi connectivity index (χ2n) is 7.62. The van der Waals surface area contributed by atoms with Crippen LogP contribution in [0.25, 0.3) is 0 Å². The number of urea groups is 1. The third kappa shape index (κ3) is 5.88. The van der Waals surface area contributed by atoms with Gasteiger partial charge in [0.2, 0.25) is 0 Å². The van der Waals surface area contributed by atoms with E-state index in [-0.39, 0.29) is 42.0 Å². The number of rotatable bonds is 6. The summed E-state index contributed by atoms with van der Waals surface area (Å²) in [5, 5.41) is 5.88. The Hall–Kier alpha value is -1.82. The fourth-order valence-corrected chi connectivity index (χ4v) is 2.74. The number of ether oxygens (including phenoxy) is 2. The summed E-state index contributed by atoms with van der Waals surface area (Å²) in [6.07, 6.45) is 2.05. The van der Waals surface area contributed by atoms with Gasteiger partial charge in [-0.2, -0.15) is 0 Å². The van der Waals surface area contributed by atoms with Crippen molar-refractivity contribution in [3.05, 3.63) is 30.1 Å². The van der Waals surface area contributed by atoms with Gasteiger partial charge < -0.3 is 20.1 Å². The first-order valence-corrected chi connectivity index (χ1v) is 8.83. The van der Waals surface area contributed by atoms with Crippen LogP contribution < -0.4 is 15.4 Å². The summed E-state index contributed by atoms with van der Waals surface area (Å²) in [5.74, 6) is -0.224. The van der Waals surface area contributed by atoms with Gasteiger partial charge in [0, 0.05) is 6.61 Å². The summed E-state index contributed by atoms with van der Waals surface area (Å²) in [6, 6.07) is 5.66. The summed E-state index contributed by atoms with van der Waals surface area (Å²) < 4.78 is 24.9. The van der Waals surface area contributed by atoms with E-state index in [0.29, 0.717) is 0 Å². The van der Waals surface area contributed by atoms with E-state index in [1.165, 1.54) is 6.07 Å². The highest BCUT2D eigenvalue weighted by Gasteiger charge is 2.29. The van der Waals surface area contributed by atoms with Crippen molar-refractivity contribution in [1.29, 1.82) is 0 Å². The Morgan fingerprint density at radius 1 is 1.36 bits per heavy atom. The lowest BCUT2D eigenvalue weighted by Gasteiger charge is -2.32. The smallest absolute Gasteiger partial charge is 0.315 e. The van der Waals surface area contributed by atoms with Crippen LogP contribution in [0, 0.1) is 11.2 Å². The molecule has 1 aromatic carbocycles. The summed E-state index contributed by atoms with van der Waals surface area (Å²) in [7, 11) is 0. The number of carbonyl (C=O) groups is 1. The number of benzene rings is 1. The molecule has 0 aromatic heterocycles. The van der Waals surface area contributed by atoms with Gasteiger partial charge in [-0.15, -0.1) is 0 Å². The van der Waals surface area contributed by atoms with Crippen molar-refractivity contribution >= 4 is 6.03 Å². The molecule has 1 heterocycles. The van der Waals surface area contributed by atoms with Crippen LogP contribution in [0.4, 0.5) is 9.18 Å². The van der Waals surface area contributed by atoms with Crippen LogP contribution >= 0.6 is 0 Å². The Labute approximate surface area is 149 Å². The molecule has 1 saturated heterocycles. The van der Waals surface area contributed by atoms with Gasteiger partial charge in [0.05, 0.1) is 18.2 Å². The summed E-state index contributed by atoms with van der Waals surface area (Å²) >= 11 is 0. The molecule has 5 nitrogen and oxygen atoms in total. The molecule has 1 aromatic rings. The van der Waals surface area contributed by atoms with Crippen molar-refractivity contribution in [3.63, 3.8) is 0 Å². The zero-order chi connectivity index (χ0) is 18.4. The minimum atomic E-state index is -0.411. The van der Waals surface area contributed by atoms with Crippen LogP contribution in [0.2, 0.25) is 0 Å². The van der Waals surface area contributed by atoms with E-state index in [1.54, 1.807) is 18.2 Å². The van der Waals surface area contributed by atoms with Crippen molar-refractivity contribution in [2.75, 3.05) is 13.2 Å². The molecule has 3 unspecified atom stereocenters. The van der Waals surface area contributed by atoms with E-state index >= 15 is 0 Å². The van der Waals surface area contributed by atoms with Crippen LogP contribution in [0.1, 0.15) is 40.5 Å². The lowest BCUT2D eigenvalue weighted by molar-refractivity contribution is 0.0849. The van der Waals surface area contributed by atoms with E-state index in [9.17, 15) is 9.18 Å². The van der Waals surface area contributed by atoms with E-state index in [2.05, 4.69) is 10.6 Å². The molecule has 140 valence electrons. The Kier molecular flexibility index (Phi) is 6.64. The molecule has 3 atom stereocenters. The van der Waals surface area contributed by atoms with Crippen LogP contribution in [0.3, 0.4) is 0 Å². The molecule has 0 aliphatic carbocycles. The number of para-hydroxylation sites is 1. The van der Waals surface area contributed by atoms with Gasteiger partial charge in [-0.1, -0.05) is 32.9 Å². The first kappa shape index (κ1) is 19.5. The van der Waals surface area contributed by atoms with Gasteiger partial charge in [-0.3, -0.25) is 0 Å². The van der Waals surface area contributed by atoms with Gasteiger partial charge >= 0.3 is 6.03 Å². The molecular formula is C19H29FN2O3. The third-order valence-corrected chi connectivity index (χ3v) is 4.47. The van der Waals surface area contributed by atoms with Gasteiger partial charge in [0.15, 0.2) is 11.6 Å². The molecule has 2 rings (SSSR count). The molecule has 1 aliphatic rings. The standard InChI is InChI=1S/C19H29FN2O3/c1-13(15-10-7-11-24-15)21-18(23)22-17(19(2,3)4)12-25-16-9-6-5-8-14(16)20/h5-6,8-9,13,15,17H,7,10-12H2,1-4H3,(H2,21,22,23). The monoisotopic (exact) mass is 352 g/mol. The normalized spacial score (nSPS) is 20.0. The topological polar surface area (TPSA) is 59.6 Å². The average molecular weight is 352 g/mol. The molecule has 0 radical (unpaired) electrons. The van der Waals surface area contributed by atoms with Crippen molar-refractivity contribution in [2.45, 2.75) is 58.7 Å². The molecule has 0 bridgehead atoms. The maximum Gasteiger partial charge on any atom is 0.315 e. The molecule has 1 fully saturated rings. The van der Waals surface area contributed by atoms with Crippen LogP contribution in [0.5, 0.6) is 5.75 Å². The lowest BCUT2D eigenvalue weighted by Crippen LogP contribution is -2.54. The van der Waals surface area contributed by atoms with Gasteiger partial charge in [-0.05, 0) is 37.3 Å². The number of halogens is 1. The van der Waals surface area contributed by atoms with Gasteiger partial charge in [-0.25, -0.2) is 9.18 Å². The van der Waals surface area contributed by atoms with Crippen LogP contribution in [0.15, 0.2) is 24.3 Å². The second-order valence-corrected chi connectivity index (χ2v) is 7.62. The predicted molar refractivity (Wildman–Crippen MR) is 95.2 cm³/mol. The number of hydrogen-bond donors (Lipinski definition) is 2. The Bertz CT molecular complexity index is 568.